The Kier molecular flexibility index (Phi) is 5.83. The van der Waals surface area contributed by atoms with Gasteiger partial charge in [0.15, 0.2) is 6.29 Å². The molecule has 0 spiro atoms. The first-order valence-corrected chi connectivity index (χ1v) is 5.37. The van der Waals surface area contributed by atoms with Crippen LogP contribution in [0, 0.1) is 0 Å². The van der Waals surface area contributed by atoms with Crippen molar-refractivity contribution in [1.29, 1.82) is 0 Å². The lowest BCUT2D eigenvalue weighted by molar-refractivity contribution is -0.105. The van der Waals surface area contributed by atoms with Gasteiger partial charge < -0.3 is 20.5 Å². The second-order valence-electron chi connectivity index (χ2n) is 3.47. The highest BCUT2D eigenvalue weighted by molar-refractivity contribution is 5.97. The van der Waals surface area contributed by atoms with Gasteiger partial charge in [0.25, 0.3) is 0 Å². The maximum absolute atomic E-state index is 10.2. The van der Waals surface area contributed by atoms with Gasteiger partial charge in [0, 0.05) is 25.5 Å². The number of hydrogen-bond donors (Lipinski definition) is 2. The molecule has 0 saturated heterocycles. The second-order valence-corrected chi connectivity index (χ2v) is 3.47. The monoisotopic (exact) mass is 251 g/mol. The molecular formula is C12H17N3O3. The molecule has 0 unspecified atom stereocenters. The van der Waals surface area contributed by atoms with E-state index in [0.717, 1.165) is 5.56 Å². The number of nitrogens with two attached hydrogens (primary N) is 1. The molecule has 98 valence electrons. The number of amides is 1. The SMILES string of the molecule is COC(CN=C(N)c1ccc(NC=O)cc1)OC. The Morgan fingerprint density at radius 1 is 1.39 bits per heavy atom. The molecule has 18 heavy (non-hydrogen) atoms. The van der Waals surface area contributed by atoms with E-state index in [2.05, 4.69) is 10.3 Å². The molecule has 0 aliphatic carbocycles. The van der Waals surface area contributed by atoms with Crippen LogP contribution in [0.15, 0.2) is 29.3 Å². The molecule has 0 radical (unpaired) electrons. The van der Waals surface area contributed by atoms with E-state index in [1.54, 1.807) is 38.5 Å². The first-order chi connectivity index (χ1) is 8.71. The van der Waals surface area contributed by atoms with Crippen molar-refractivity contribution < 1.29 is 14.3 Å². The first-order valence-electron chi connectivity index (χ1n) is 5.37. The Bertz CT molecular complexity index is 400. The van der Waals surface area contributed by atoms with Crippen molar-refractivity contribution in [2.45, 2.75) is 6.29 Å². The van der Waals surface area contributed by atoms with E-state index in [9.17, 15) is 4.79 Å². The van der Waals surface area contributed by atoms with Gasteiger partial charge in [-0.1, -0.05) is 0 Å². The number of ether oxygens (including phenoxy) is 2. The number of nitrogens with one attached hydrogen (secondary N) is 1. The first kappa shape index (κ1) is 14.1. The zero-order chi connectivity index (χ0) is 13.4. The molecule has 1 aromatic carbocycles. The Balaban J connectivity index is 2.67. The van der Waals surface area contributed by atoms with Crippen LogP contribution in [0.3, 0.4) is 0 Å². The fourth-order valence-electron chi connectivity index (χ4n) is 1.31. The summed E-state index contributed by atoms with van der Waals surface area (Å²) in [7, 11) is 3.08. The zero-order valence-electron chi connectivity index (χ0n) is 10.4. The maximum atomic E-state index is 10.2. The fourth-order valence-corrected chi connectivity index (χ4v) is 1.31. The van der Waals surface area contributed by atoms with Crippen LogP contribution in [0.1, 0.15) is 5.56 Å². The Morgan fingerprint density at radius 2 is 2.00 bits per heavy atom. The molecule has 1 rings (SSSR count). The van der Waals surface area contributed by atoms with E-state index in [-0.39, 0.29) is 0 Å². The van der Waals surface area contributed by atoms with E-state index in [4.69, 9.17) is 15.2 Å². The number of anilines is 1. The minimum absolute atomic E-state index is 0.327. The smallest absolute Gasteiger partial charge is 0.211 e. The summed E-state index contributed by atoms with van der Waals surface area (Å²) >= 11 is 0. The minimum atomic E-state index is -0.403. The lowest BCUT2D eigenvalue weighted by atomic mass is 10.2. The van der Waals surface area contributed by atoms with Crippen molar-refractivity contribution >= 4 is 17.9 Å². The third-order valence-electron chi connectivity index (χ3n) is 2.34. The number of nitrogens with zero attached hydrogens (tertiary/aromatic N) is 1. The second kappa shape index (κ2) is 7.41. The van der Waals surface area contributed by atoms with E-state index in [1.807, 2.05) is 0 Å². The highest BCUT2D eigenvalue weighted by Gasteiger charge is 2.04. The summed E-state index contributed by atoms with van der Waals surface area (Å²) in [5, 5.41) is 2.54. The molecule has 0 bridgehead atoms. The van der Waals surface area contributed by atoms with E-state index in [0.29, 0.717) is 24.5 Å². The fraction of sp³-hybridized carbons (Fsp3) is 0.333. The van der Waals surface area contributed by atoms with Crippen molar-refractivity contribution in [2.24, 2.45) is 10.7 Å². The number of carbonyl (C=O) groups excluding carboxylic acids is 1. The summed E-state index contributed by atoms with van der Waals surface area (Å²) in [6, 6.07) is 7.05. The summed E-state index contributed by atoms with van der Waals surface area (Å²) in [6.45, 7) is 0.327. The molecule has 0 saturated carbocycles. The number of carbonyl (C=O) groups is 1. The van der Waals surface area contributed by atoms with Crippen LogP contribution in [0.25, 0.3) is 0 Å². The normalized spacial score (nSPS) is 11.6. The number of hydrogen-bond acceptors (Lipinski definition) is 4. The molecular weight excluding hydrogens is 234 g/mol. The van der Waals surface area contributed by atoms with Gasteiger partial charge in [-0.25, -0.2) is 0 Å². The van der Waals surface area contributed by atoms with Crippen LogP contribution in [-0.2, 0) is 14.3 Å². The highest BCUT2D eigenvalue weighted by atomic mass is 16.7. The van der Waals surface area contributed by atoms with Crippen molar-refractivity contribution in [3.05, 3.63) is 29.8 Å². The third-order valence-corrected chi connectivity index (χ3v) is 2.34. The molecule has 0 aliphatic heterocycles. The number of aliphatic imine (C=N–C) groups is 1. The molecule has 6 heteroatoms. The van der Waals surface area contributed by atoms with Crippen molar-refractivity contribution in [2.75, 3.05) is 26.1 Å². The summed E-state index contributed by atoms with van der Waals surface area (Å²) in [4.78, 5) is 14.4. The summed E-state index contributed by atoms with van der Waals surface area (Å²) in [5.74, 6) is 0.395. The predicted octanol–water partition coefficient (Wildman–Crippen LogP) is 0.579. The molecule has 0 atom stereocenters. The standard InChI is InChI=1S/C12H17N3O3/c1-17-11(18-2)7-14-12(13)9-3-5-10(6-4-9)15-8-16/h3-6,8,11H,7H2,1-2H3,(H2,13,14)(H,15,16). The molecule has 0 aromatic heterocycles. The largest absolute Gasteiger partial charge is 0.384 e. The number of methoxy groups -OCH3 is 2. The van der Waals surface area contributed by atoms with Crippen LogP contribution in [0.4, 0.5) is 5.69 Å². The quantitative estimate of drug-likeness (QED) is 0.321. The van der Waals surface area contributed by atoms with Gasteiger partial charge in [-0.05, 0) is 24.3 Å². The maximum Gasteiger partial charge on any atom is 0.211 e. The van der Waals surface area contributed by atoms with Gasteiger partial charge in [-0.3, -0.25) is 9.79 Å². The number of benzene rings is 1. The van der Waals surface area contributed by atoms with E-state index in [1.165, 1.54) is 0 Å². The van der Waals surface area contributed by atoms with Crippen LogP contribution >= 0.6 is 0 Å². The summed E-state index contributed by atoms with van der Waals surface area (Å²) < 4.78 is 10.0. The lowest BCUT2D eigenvalue weighted by Crippen LogP contribution is -2.21. The van der Waals surface area contributed by atoms with Crippen LogP contribution in [0.5, 0.6) is 0 Å². The molecule has 0 heterocycles. The number of amidine groups is 1. The van der Waals surface area contributed by atoms with Crippen molar-refractivity contribution in [3.8, 4) is 0 Å². The molecule has 0 aliphatic rings. The Morgan fingerprint density at radius 3 is 2.50 bits per heavy atom. The van der Waals surface area contributed by atoms with Crippen LogP contribution in [-0.4, -0.2) is 39.3 Å². The number of rotatable bonds is 7. The van der Waals surface area contributed by atoms with Gasteiger partial charge >= 0.3 is 0 Å². The third kappa shape index (κ3) is 4.15. The molecule has 0 fully saturated rings. The van der Waals surface area contributed by atoms with Gasteiger partial charge in [0.05, 0.1) is 6.54 Å². The average molecular weight is 251 g/mol. The van der Waals surface area contributed by atoms with Crippen molar-refractivity contribution in [1.82, 2.24) is 0 Å². The topological polar surface area (TPSA) is 85.9 Å². The van der Waals surface area contributed by atoms with Gasteiger partial charge in [0.1, 0.15) is 5.84 Å². The molecule has 1 amide bonds. The predicted molar refractivity (Wildman–Crippen MR) is 69.5 cm³/mol. The van der Waals surface area contributed by atoms with Crippen LogP contribution < -0.4 is 11.1 Å². The zero-order valence-corrected chi connectivity index (χ0v) is 10.4. The van der Waals surface area contributed by atoms with E-state index < -0.39 is 6.29 Å². The van der Waals surface area contributed by atoms with Gasteiger partial charge in [0.2, 0.25) is 6.41 Å². The van der Waals surface area contributed by atoms with Crippen LogP contribution in [0.2, 0.25) is 0 Å². The molecule has 1 aromatic rings. The van der Waals surface area contributed by atoms with Gasteiger partial charge in [-0.15, -0.1) is 0 Å². The summed E-state index contributed by atoms with van der Waals surface area (Å²) in [6.07, 6.45) is 0.216. The molecule has 3 N–H and O–H groups in total. The minimum Gasteiger partial charge on any atom is -0.384 e. The van der Waals surface area contributed by atoms with Crippen molar-refractivity contribution in [3.63, 3.8) is 0 Å². The van der Waals surface area contributed by atoms with Gasteiger partial charge in [-0.2, -0.15) is 0 Å². The van der Waals surface area contributed by atoms with E-state index >= 15 is 0 Å². The Hall–Kier alpha value is -1.92. The Labute approximate surface area is 106 Å². The average Bonchev–Trinajstić information content (AvgIpc) is 2.41. The molecule has 6 nitrogen and oxygen atoms in total. The summed E-state index contributed by atoms with van der Waals surface area (Å²) in [5.41, 5.74) is 7.30. The highest BCUT2D eigenvalue weighted by Crippen LogP contribution is 2.08. The lowest BCUT2D eigenvalue weighted by Gasteiger charge is -2.10.